The van der Waals surface area contributed by atoms with Gasteiger partial charge in [0.15, 0.2) is 0 Å². The lowest BCUT2D eigenvalue weighted by Gasteiger charge is -2.10. The van der Waals surface area contributed by atoms with E-state index in [0.717, 1.165) is 12.8 Å². The molecule has 0 aliphatic carbocycles. The summed E-state index contributed by atoms with van der Waals surface area (Å²) in [5.41, 5.74) is 5.23. The van der Waals surface area contributed by atoms with Crippen LogP contribution in [0.25, 0.3) is 0 Å². The van der Waals surface area contributed by atoms with E-state index in [1.807, 2.05) is 6.92 Å². The molecular formula is C8H17NO2. The first-order valence-corrected chi connectivity index (χ1v) is 3.87. The van der Waals surface area contributed by atoms with Gasteiger partial charge in [-0.25, -0.2) is 0 Å². The third kappa shape index (κ3) is 4.67. The van der Waals surface area contributed by atoms with E-state index in [-0.39, 0.29) is 6.10 Å². The lowest BCUT2D eigenvalue weighted by Crippen LogP contribution is -2.08. The molecule has 0 bridgehead atoms. The van der Waals surface area contributed by atoms with Crippen LogP contribution in [0.15, 0.2) is 12.0 Å². The van der Waals surface area contributed by atoms with Gasteiger partial charge in [0.25, 0.3) is 0 Å². The Labute approximate surface area is 67.9 Å². The molecule has 11 heavy (non-hydrogen) atoms. The van der Waals surface area contributed by atoms with Crippen molar-refractivity contribution in [3.05, 3.63) is 12.0 Å². The van der Waals surface area contributed by atoms with Gasteiger partial charge in [-0.05, 0) is 6.42 Å². The summed E-state index contributed by atoms with van der Waals surface area (Å²) < 4.78 is 4.89. The molecule has 1 atom stereocenters. The van der Waals surface area contributed by atoms with E-state index in [9.17, 15) is 5.11 Å². The van der Waals surface area contributed by atoms with Gasteiger partial charge in [0.05, 0.1) is 13.2 Å². The number of rotatable bonds is 5. The maximum atomic E-state index is 9.31. The van der Waals surface area contributed by atoms with Crippen molar-refractivity contribution in [2.45, 2.75) is 32.3 Å². The fourth-order valence-corrected chi connectivity index (χ4v) is 0.887. The lowest BCUT2D eigenvalue weighted by molar-refractivity contribution is 0.138. The lowest BCUT2D eigenvalue weighted by atomic mass is 10.1. The molecule has 0 rings (SSSR count). The largest absolute Gasteiger partial charge is 0.500 e. The molecule has 66 valence electrons. The average molecular weight is 159 g/mol. The Kier molecular flexibility index (Phi) is 5.65. The first-order valence-electron chi connectivity index (χ1n) is 3.87. The quantitative estimate of drug-likeness (QED) is 0.588. The highest BCUT2D eigenvalue weighted by molar-refractivity contribution is 4.90. The average Bonchev–Trinajstić information content (AvgIpc) is 2.01. The Morgan fingerprint density at radius 2 is 2.36 bits per heavy atom. The fraction of sp³-hybridized carbons (Fsp3) is 0.750. The summed E-state index contributed by atoms with van der Waals surface area (Å²) in [6, 6.07) is 0. The topological polar surface area (TPSA) is 55.5 Å². The van der Waals surface area contributed by atoms with Crippen LogP contribution in [0.1, 0.15) is 26.2 Å². The van der Waals surface area contributed by atoms with E-state index in [4.69, 9.17) is 10.5 Å². The Bertz CT molecular complexity index is 123. The Morgan fingerprint density at radius 1 is 1.73 bits per heavy atom. The number of hydrogen-bond donors (Lipinski definition) is 2. The molecule has 3 N–H and O–H groups in total. The number of aliphatic hydroxyl groups excluding tert-OH is 1. The van der Waals surface area contributed by atoms with Gasteiger partial charge >= 0.3 is 0 Å². The van der Waals surface area contributed by atoms with Gasteiger partial charge in [0, 0.05) is 12.6 Å². The molecule has 0 saturated heterocycles. The monoisotopic (exact) mass is 159 g/mol. The van der Waals surface area contributed by atoms with Gasteiger partial charge in [0.2, 0.25) is 0 Å². The number of methoxy groups -OCH3 is 1. The molecular weight excluding hydrogens is 142 g/mol. The van der Waals surface area contributed by atoms with E-state index in [0.29, 0.717) is 12.2 Å². The molecule has 0 unspecified atom stereocenters. The summed E-state index contributed by atoms with van der Waals surface area (Å²) in [6.45, 7) is 2.03. The van der Waals surface area contributed by atoms with E-state index in [2.05, 4.69) is 0 Å². The van der Waals surface area contributed by atoms with Gasteiger partial charge < -0.3 is 15.6 Å². The van der Waals surface area contributed by atoms with Crippen molar-refractivity contribution in [1.29, 1.82) is 0 Å². The Hall–Kier alpha value is -0.700. The minimum absolute atomic E-state index is 0.324. The third-order valence-corrected chi connectivity index (χ3v) is 1.51. The minimum atomic E-state index is -0.324. The summed E-state index contributed by atoms with van der Waals surface area (Å²) in [5, 5.41) is 9.31. The molecule has 0 fully saturated rings. The number of ether oxygens (including phenoxy) is 1. The zero-order valence-electron chi connectivity index (χ0n) is 7.21. The molecule has 0 aromatic rings. The second-order valence-electron chi connectivity index (χ2n) is 2.48. The smallest absolute Gasteiger partial charge is 0.113 e. The van der Waals surface area contributed by atoms with Crippen molar-refractivity contribution in [3.8, 4) is 0 Å². The molecule has 3 heteroatoms. The predicted molar refractivity (Wildman–Crippen MR) is 44.8 cm³/mol. The number of aliphatic hydroxyl groups is 1. The van der Waals surface area contributed by atoms with Gasteiger partial charge in [-0.15, -0.1) is 0 Å². The van der Waals surface area contributed by atoms with Crippen LogP contribution in [-0.2, 0) is 4.74 Å². The van der Waals surface area contributed by atoms with Crippen LogP contribution in [-0.4, -0.2) is 18.3 Å². The molecule has 0 aliphatic rings. The van der Waals surface area contributed by atoms with Crippen LogP contribution in [0.5, 0.6) is 0 Å². The highest BCUT2D eigenvalue weighted by Gasteiger charge is 2.05. The van der Waals surface area contributed by atoms with Gasteiger partial charge in [-0.1, -0.05) is 13.3 Å². The zero-order valence-corrected chi connectivity index (χ0v) is 7.21. The summed E-state index contributed by atoms with van der Waals surface area (Å²) in [7, 11) is 1.55. The summed E-state index contributed by atoms with van der Waals surface area (Å²) in [5.74, 6) is 0.644. The summed E-state index contributed by atoms with van der Waals surface area (Å²) >= 11 is 0. The molecule has 0 aromatic carbocycles. The van der Waals surface area contributed by atoms with Crippen LogP contribution in [0.2, 0.25) is 0 Å². The number of nitrogens with two attached hydrogens (primary N) is 1. The van der Waals surface area contributed by atoms with Crippen molar-refractivity contribution >= 4 is 0 Å². The van der Waals surface area contributed by atoms with Crippen LogP contribution < -0.4 is 5.73 Å². The van der Waals surface area contributed by atoms with Gasteiger partial charge in [0.1, 0.15) is 5.76 Å². The first-order chi connectivity index (χ1) is 5.24. The standard InChI is InChI=1S/C8H17NO2/c1-3-4-7(10)5-8(6-9)11-2/h6-7,10H,3-5,9H2,1-2H3/b8-6+/t7-/m0/s1. The third-order valence-electron chi connectivity index (χ3n) is 1.51. The minimum Gasteiger partial charge on any atom is -0.500 e. The normalized spacial score (nSPS) is 14.6. The molecule has 0 heterocycles. The predicted octanol–water partition coefficient (Wildman–Crippen LogP) is 0.984. The van der Waals surface area contributed by atoms with Crippen LogP contribution in [0.3, 0.4) is 0 Å². The highest BCUT2D eigenvalue weighted by atomic mass is 16.5. The van der Waals surface area contributed by atoms with Crippen LogP contribution >= 0.6 is 0 Å². The molecule has 0 aromatic heterocycles. The zero-order chi connectivity index (χ0) is 8.69. The van der Waals surface area contributed by atoms with Crippen molar-refractivity contribution < 1.29 is 9.84 Å². The molecule has 0 aliphatic heterocycles. The first kappa shape index (κ1) is 10.3. The number of hydrogen-bond acceptors (Lipinski definition) is 3. The van der Waals surface area contributed by atoms with Crippen molar-refractivity contribution in [2.75, 3.05) is 7.11 Å². The second-order valence-corrected chi connectivity index (χ2v) is 2.48. The maximum Gasteiger partial charge on any atom is 0.113 e. The summed E-state index contributed by atoms with van der Waals surface area (Å²) in [6.07, 6.45) is 3.35. The van der Waals surface area contributed by atoms with Crippen molar-refractivity contribution in [1.82, 2.24) is 0 Å². The highest BCUT2D eigenvalue weighted by Crippen LogP contribution is 2.08. The van der Waals surface area contributed by atoms with E-state index >= 15 is 0 Å². The molecule has 0 radical (unpaired) electrons. The maximum absolute atomic E-state index is 9.31. The summed E-state index contributed by atoms with van der Waals surface area (Å²) in [4.78, 5) is 0. The van der Waals surface area contributed by atoms with Crippen LogP contribution in [0, 0.1) is 0 Å². The molecule has 3 nitrogen and oxygen atoms in total. The van der Waals surface area contributed by atoms with E-state index < -0.39 is 0 Å². The molecule has 0 saturated carbocycles. The van der Waals surface area contributed by atoms with E-state index in [1.54, 1.807) is 7.11 Å². The van der Waals surface area contributed by atoms with Gasteiger partial charge in [-0.3, -0.25) is 0 Å². The Morgan fingerprint density at radius 3 is 2.73 bits per heavy atom. The van der Waals surface area contributed by atoms with Crippen molar-refractivity contribution in [2.24, 2.45) is 5.73 Å². The van der Waals surface area contributed by atoms with Crippen molar-refractivity contribution in [3.63, 3.8) is 0 Å². The fourth-order valence-electron chi connectivity index (χ4n) is 0.887. The SMILES string of the molecule is CCC[C@H](O)C/C(=C\N)OC. The Balaban J connectivity index is 3.63. The molecule has 0 spiro atoms. The second kappa shape index (κ2) is 6.04. The molecule has 0 amide bonds. The van der Waals surface area contributed by atoms with Crippen LogP contribution in [0.4, 0.5) is 0 Å². The van der Waals surface area contributed by atoms with Gasteiger partial charge in [-0.2, -0.15) is 0 Å². The van der Waals surface area contributed by atoms with E-state index in [1.165, 1.54) is 6.20 Å².